The monoisotopic (exact) mass is 864 g/mol. The van der Waals surface area contributed by atoms with E-state index in [1.54, 1.807) is 35.8 Å². The summed E-state index contributed by atoms with van der Waals surface area (Å²) >= 11 is 12.1. The second-order valence-electron chi connectivity index (χ2n) is 13.6. The molecule has 0 radical (unpaired) electrons. The molecule has 0 saturated heterocycles. The van der Waals surface area contributed by atoms with Crippen LogP contribution in [0.5, 0.6) is 0 Å². The van der Waals surface area contributed by atoms with Crippen LogP contribution in [0, 0.1) is 0 Å². The van der Waals surface area contributed by atoms with E-state index in [9.17, 15) is 9.59 Å². The Bertz CT molecular complexity index is 2950. The van der Waals surface area contributed by atoms with E-state index in [1.807, 2.05) is 55.5 Å². The van der Waals surface area contributed by atoms with Crippen molar-refractivity contribution in [2.45, 2.75) is 25.9 Å². The molecule has 4 aromatic heterocycles. The molecule has 12 nitrogen and oxygen atoms in total. The van der Waals surface area contributed by atoms with Crippen molar-refractivity contribution in [1.82, 2.24) is 27.9 Å². The van der Waals surface area contributed by atoms with Gasteiger partial charge in [0, 0.05) is 34.5 Å². The van der Waals surface area contributed by atoms with Gasteiger partial charge >= 0.3 is 11.4 Å². The molecule has 2 N–H and O–H groups in total. The smallest absolute Gasteiger partial charge is 0.323 e. The first kappa shape index (κ1) is 42.3. The molecule has 0 amide bonds. The summed E-state index contributed by atoms with van der Waals surface area (Å²) in [6.07, 6.45) is 2.87. The highest BCUT2D eigenvalue weighted by molar-refractivity contribution is 7.79. The number of hydrogen-bond acceptors (Lipinski definition) is 6. The standard InChI is InChI=1S/C18H15P.C14H11ClN6O.C14H13ClN4O/c1-4-10-16(11-5-1)19(17-12-6-2-7-13-17)18-14-8-3-9-15-18;1-9(18-19-16)11-7-13-17-8-12(15)21(13)14(22)20(11)10-5-3-2-4-6-10;1-9(16)11-7-13-17-8-12(15)19(13)14(20)18(11)10-5-3-2-4-6-10/h1-15H;2-9H,1H3;2-9H,16H2,1H3. The molecule has 0 aliphatic heterocycles. The summed E-state index contributed by atoms with van der Waals surface area (Å²) in [7, 11) is -0.446. The summed E-state index contributed by atoms with van der Waals surface area (Å²) in [6, 6.07) is 53.4. The van der Waals surface area contributed by atoms with Crippen molar-refractivity contribution in [2.24, 2.45) is 10.8 Å². The molecule has 304 valence electrons. The summed E-state index contributed by atoms with van der Waals surface area (Å²) in [5.74, 6) is 0. The highest BCUT2D eigenvalue weighted by Gasteiger charge is 2.19. The van der Waals surface area contributed by atoms with Crippen LogP contribution in [0.1, 0.15) is 37.3 Å². The van der Waals surface area contributed by atoms with Gasteiger partial charge in [-0.2, -0.15) is 0 Å². The first-order chi connectivity index (χ1) is 29.7. The van der Waals surface area contributed by atoms with Crippen LogP contribution in [-0.4, -0.2) is 27.9 Å². The van der Waals surface area contributed by atoms with Gasteiger partial charge in [0.05, 0.1) is 29.8 Å². The van der Waals surface area contributed by atoms with Crippen molar-refractivity contribution < 1.29 is 0 Å². The van der Waals surface area contributed by atoms with Gasteiger partial charge in [0.15, 0.2) is 0 Å². The number of hydrogen-bond donors (Lipinski definition) is 1. The number of rotatable bonds is 8. The Labute approximate surface area is 362 Å². The van der Waals surface area contributed by atoms with E-state index in [0.29, 0.717) is 28.4 Å². The Morgan fingerprint density at radius 2 is 0.934 bits per heavy atom. The fourth-order valence-electron chi connectivity index (χ4n) is 6.72. The summed E-state index contributed by atoms with van der Waals surface area (Å²) in [5, 5.41) is 8.39. The Morgan fingerprint density at radius 3 is 1.30 bits per heavy atom. The Hall–Kier alpha value is -6.78. The average Bonchev–Trinajstić information content (AvgIpc) is 3.87. The second-order valence-corrected chi connectivity index (χ2v) is 16.6. The zero-order valence-corrected chi connectivity index (χ0v) is 35.4. The molecule has 5 aromatic carbocycles. The number of nitrogens with two attached hydrogens (primary N) is 1. The summed E-state index contributed by atoms with van der Waals surface area (Å²) in [5.41, 5.74) is 17.6. The van der Waals surface area contributed by atoms with E-state index in [4.69, 9.17) is 34.5 Å². The van der Waals surface area contributed by atoms with Crippen molar-refractivity contribution in [1.29, 1.82) is 0 Å². The first-order valence-electron chi connectivity index (χ1n) is 19.1. The lowest BCUT2D eigenvalue weighted by atomic mass is 10.2. The number of halogens is 2. The molecule has 9 aromatic rings. The van der Waals surface area contributed by atoms with E-state index in [-0.39, 0.29) is 27.7 Å². The molecule has 15 heteroatoms. The van der Waals surface area contributed by atoms with Crippen LogP contribution in [-0.2, 0) is 0 Å². The van der Waals surface area contributed by atoms with E-state index in [0.717, 1.165) is 5.69 Å². The van der Waals surface area contributed by atoms with E-state index < -0.39 is 14.0 Å². The van der Waals surface area contributed by atoms with Gasteiger partial charge in [0.1, 0.15) is 21.6 Å². The zero-order valence-electron chi connectivity index (χ0n) is 33.0. The maximum atomic E-state index is 12.8. The van der Waals surface area contributed by atoms with Crippen LogP contribution in [0.2, 0.25) is 10.3 Å². The SMILES string of the molecule is CC(N)c1cc2ncc(Cl)n2c(=O)n1-c1ccccc1.CC(N=[N+]=[N-])c1cc2ncc(Cl)n2c(=O)n1-c1ccccc1.c1ccc(P(c2ccccc2)c2ccccc2)cc1. The van der Waals surface area contributed by atoms with Crippen LogP contribution in [0.4, 0.5) is 0 Å². The topological polar surface area (TPSA) is 153 Å². The van der Waals surface area contributed by atoms with Crippen molar-refractivity contribution in [3.63, 3.8) is 0 Å². The van der Waals surface area contributed by atoms with Gasteiger partial charge in [0.2, 0.25) is 0 Å². The minimum Gasteiger partial charge on any atom is -0.323 e. The fraction of sp³-hybridized carbons (Fsp3) is 0.0870. The molecular formula is C46H39Cl2N10O2P. The molecule has 9 rings (SSSR count). The highest BCUT2D eigenvalue weighted by Crippen LogP contribution is 2.32. The normalized spacial score (nSPS) is 11.8. The Morgan fingerprint density at radius 1 is 0.590 bits per heavy atom. The third-order valence-electron chi connectivity index (χ3n) is 9.52. The maximum absolute atomic E-state index is 12.8. The van der Waals surface area contributed by atoms with Gasteiger partial charge in [-0.3, -0.25) is 9.13 Å². The van der Waals surface area contributed by atoms with Crippen LogP contribution in [0.25, 0.3) is 33.1 Å². The lowest BCUT2D eigenvalue weighted by Crippen LogP contribution is -2.30. The molecule has 0 aliphatic rings. The van der Waals surface area contributed by atoms with Crippen LogP contribution >= 0.6 is 31.1 Å². The van der Waals surface area contributed by atoms with Crippen LogP contribution in [0.3, 0.4) is 0 Å². The Balaban J connectivity index is 0.000000138. The lowest BCUT2D eigenvalue weighted by molar-refractivity contribution is 0.704. The van der Waals surface area contributed by atoms with Gasteiger partial charge < -0.3 is 5.73 Å². The molecule has 0 saturated carbocycles. The number of imidazole rings is 2. The molecule has 2 unspecified atom stereocenters. The van der Waals surface area contributed by atoms with Crippen molar-refractivity contribution in [3.05, 3.63) is 229 Å². The van der Waals surface area contributed by atoms with E-state index >= 15 is 0 Å². The third kappa shape index (κ3) is 9.35. The summed E-state index contributed by atoms with van der Waals surface area (Å²) in [6.45, 7) is 3.55. The number of aromatic nitrogens is 6. The predicted octanol–water partition coefficient (Wildman–Crippen LogP) is 9.11. The predicted molar refractivity (Wildman–Crippen MR) is 247 cm³/mol. The number of nitrogens with zero attached hydrogens (tertiary/aromatic N) is 9. The largest absolute Gasteiger partial charge is 0.339 e. The number of para-hydroxylation sites is 2. The molecule has 0 bridgehead atoms. The van der Waals surface area contributed by atoms with Crippen molar-refractivity contribution in [2.75, 3.05) is 0 Å². The fourth-order valence-corrected chi connectivity index (χ4v) is 9.44. The maximum Gasteiger partial charge on any atom is 0.339 e. The number of fused-ring (bicyclic) bond motifs is 2. The molecule has 0 aliphatic carbocycles. The minimum absolute atomic E-state index is 0.229. The quantitative estimate of drug-likeness (QED) is 0.0699. The van der Waals surface area contributed by atoms with Gasteiger partial charge in [-0.1, -0.05) is 163 Å². The molecular weight excluding hydrogens is 826 g/mol. The second kappa shape index (κ2) is 19.5. The van der Waals surface area contributed by atoms with Gasteiger partial charge in [0.25, 0.3) is 0 Å². The molecule has 2 atom stereocenters. The third-order valence-corrected chi connectivity index (χ3v) is 12.5. The van der Waals surface area contributed by atoms with E-state index in [2.05, 4.69) is 111 Å². The van der Waals surface area contributed by atoms with Crippen LogP contribution < -0.4 is 33.0 Å². The average molecular weight is 866 g/mol. The van der Waals surface area contributed by atoms with Gasteiger partial charge in [-0.05, 0) is 60.6 Å². The molecule has 0 spiro atoms. The number of benzene rings is 5. The first-order valence-corrected chi connectivity index (χ1v) is 21.2. The summed E-state index contributed by atoms with van der Waals surface area (Å²) < 4.78 is 5.70. The highest BCUT2D eigenvalue weighted by atomic mass is 35.5. The van der Waals surface area contributed by atoms with E-state index in [1.165, 1.54) is 41.7 Å². The summed E-state index contributed by atoms with van der Waals surface area (Å²) in [4.78, 5) is 36.5. The van der Waals surface area contributed by atoms with Crippen LogP contribution in [0.15, 0.2) is 191 Å². The molecule has 61 heavy (non-hydrogen) atoms. The van der Waals surface area contributed by atoms with Gasteiger partial charge in [-0.15, -0.1) is 0 Å². The lowest BCUT2D eigenvalue weighted by Gasteiger charge is -2.18. The zero-order chi connectivity index (χ0) is 42.9. The van der Waals surface area contributed by atoms with Gasteiger partial charge in [-0.25, -0.2) is 28.4 Å². The molecule has 4 heterocycles. The minimum atomic E-state index is -0.529. The Kier molecular flexibility index (Phi) is 13.6. The van der Waals surface area contributed by atoms with Crippen molar-refractivity contribution >= 4 is 58.3 Å². The molecule has 0 fully saturated rings. The van der Waals surface area contributed by atoms with Crippen molar-refractivity contribution in [3.8, 4) is 11.4 Å². The number of azide groups is 1.